The van der Waals surface area contributed by atoms with Gasteiger partial charge in [-0.15, -0.1) is 0 Å². The van der Waals surface area contributed by atoms with E-state index in [-0.39, 0.29) is 5.75 Å². The molecule has 1 aromatic rings. The summed E-state index contributed by atoms with van der Waals surface area (Å²) in [6.07, 6.45) is 0.983. The molecule has 1 fully saturated rings. The van der Waals surface area contributed by atoms with E-state index >= 15 is 0 Å². The molecule has 106 valence electrons. The van der Waals surface area contributed by atoms with E-state index < -0.39 is 0 Å². The fourth-order valence-electron chi connectivity index (χ4n) is 2.72. The van der Waals surface area contributed by atoms with Crippen molar-refractivity contribution in [3.8, 4) is 5.75 Å². The molecule has 0 aromatic heterocycles. The van der Waals surface area contributed by atoms with Gasteiger partial charge in [-0.25, -0.2) is 0 Å². The van der Waals surface area contributed by atoms with Crippen LogP contribution in [-0.4, -0.2) is 53.7 Å². The summed E-state index contributed by atoms with van der Waals surface area (Å²) >= 11 is 0. The van der Waals surface area contributed by atoms with E-state index in [0.29, 0.717) is 11.7 Å². The van der Waals surface area contributed by atoms with Crippen LogP contribution in [-0.2, 0) is 6.42 Å². The summed E-state index contributed by atoms with van der Waals surface area (Å²) in [4.78, 5) is 5.02. The Hall–Kier alpha value is -1.26. The summed E-state index contributed by atoms with van der Waals surface area (Å²) in [5.74, 6) is 0.174. The van der Waals surface area contributed by atoms with Gasteiger partial charge in [0.2, 0.25) is 0 Å². The maximum Gasteiger partial charge on any atom is 0.138 e. The van der Waals surface area contributed by atoms with Crippen molar-refractivity contribution in [2.24, 2.45) is 0 Å². The Morgan fingerprint density at radius 3 is 2.53 bits per heavy atom. The minimum atomic E-state index is 0.174. The molecular formula is C15H25N3O. The lowest BCUT2D eigenvalue weighted by atomic mass is 10.0. The van der Waals surface area contributed by atoms with Gasteiger partial charge in [0.25, 0.3) is 0 Å². The molecule has 1 aliphatic rings. The molecule has 19 heavy (non-hydrogen) atoms. The molecule has 0 aliphatic carbocycles. The third-order valence-corrected chi connectivity index (χ3v) is 4.10. The summed E-state index contributed by atoms with van der Waals surface area (Å²) in [7, 11) is 0. The molecule has 0 saturated carbocycles. The first-order chi connectivity index (χ1) is 9.10. The topological polar surface area (TPSA) is 52.7 Å². The van der Waals surface area contributed by atoms with Crippen LogP contribution < -0.4 is 5.73 Å². The molecule has 2 rings (SSSR count). The monoisotopic (exact) mass is 263 g/mol. The average molecular weight is 263 g/mol. The predicted molar refractivity (Wildman–Crippen MR) is 79.4 cm³/mol. The fourth-order valence-corrected chi connectivity index (χ4v) is 2.72. The van der Waals surface area contributed by atoms with Crippen molar-refractivity contribution in [1.29, 1.82) is 0 Å². The Morgan fingerprint density at radius 2 is 1.95 bits per heavy atom. The van der Waals surface area contributed by atoms with Gasteiger partial charge in [-0.05, 0) is 37.6 Å². The van der Waals surface area contributed by atoms with Gasteiger partial charge >= 0.3 is 0 Å². The Morgan fingerprint density at radius 1 is 1.26 bits per heavy atom. The van der Waals surface area contributed by atoms with Crippen molar-refractivity contribution in [2.75, 3.05) is 38.5 Å². The zero-order valence-electron chi connectivity index (χ0n) is 12.0. The Labute approximate surface area is 115 Å². The smallest absolute Gasteiger partial charge is 0.138 e. The highest BCUT2D eigenvalue weighted by molar-refractivity contribution is 5.53. The van der Waals surface area contributed by atoms with Crippen LogP contribution in [0.1, 0.15) is 19.4 Å². The molecule has 0 amide bonds. The highest BCUT2D eigenvalue weighted by Crippen LogP contribution is 2.22. The number of rotatable bonds is 4. The van der Waals surface area contributed by atoms with Gasteiger partial charge in [-0.2, -0.15) is 0 Å². The van der Waals surface area contributed by atoms with E-state index in [4.69, 9.17) is 5.73 Å². The van der Waals surface area contributed by atoms with Gasteiger partial charge in [0.15, 0.2) is 0 Å². The Balaban J connectivity index is 1.90. The third kappa shape index (κ3) is 3.61. The SMILES string of the molecule is CCN1CCN(C(C)Cc2ccc(O)c(N)c2)CC1. The van der Waals surface area contributed by atoms with Crippen LogP contribution in [0.15, 0.2) is 18.2 Å². The third-order valence-electron chi connectivity index (χ3n) is 4.10. The minimum Gasteiger partial charge on any atom is -0.506 e. The van der Waals surface area contributed by atoms with E-state index in [1.165, 1.54) is 18.7 Å². The largest absolute Gasteiger partial charge is 0.506 e. The number of hydrogen-bond acceptors (Lipinski definition) is 4. The predicted octanol–water partition coefficient (Wildman–Crippen LogP) is 1.54. The highest BCUT2D eigenvalue weighted by Gasteiger charge is 2.20. The summed E-state index contributed by atoms with van der Waals surface area (Å²) in [6.45, 7) is 10.3. The van der Waals surface area contributed by atoms with Crippen molar-refractivity contribution in [3.05, 3.63) is 23.8 Å². The first kappa shape index (κ1) is 14.2. The van der Waals surface area contributed by atoms with Crippen LogP contribution in [0.4, 0.5) is 5.69 Å². The van der Waals surface area contributed by atoms with Crippen LogP contribution in [0.2, 0.25) is 0 Å². The Kier molecular flexibility index (Phi) is 4.66. The maximum atomic E-state index is 9.44. The molecule has 1 unspecified atom stereocenters. The van der Waals surface area contributed by atoms with Crippen LogP contribution in [0, 0.1) is 0 Å². The van der Waals surface area contributed by atoms with Crippen LogP contribution in [0.3, 0.4) is 0 Å². The highest BCUT2D eigenvalue weighted by atomic mass is 16.3. The number of piperazine rings is 1. The van der Waals surface area contributed by atoms with Crippen LogP contribution >= 0.6 is 0 Å². The second kappa shape index (κ2) is 6.26. The summed E-state index contributed by atoms with van der Waals surface area (Å²) in [6, 6.07) is 6.05. The van der Waals surface area contributed by atoms with Gasteiger partial charge in [-0.3, -0.25) is 4.90 Å². The summed E-state index contributed by atoms with van der Waals surface area (Å²) in [5.41, 5.74) is 7.41. The van der Waals surface area contributed by atoms with Gasteiger partial charge in [0, 0.05) is 32.2 Å². The standard InChI is InChI=1S/C15H25N3O/c1-3-17-6-8-18(9-7-17)12(2)10-13-4-5-15(19)14(16)11-13/h4-5,11-12,19H,3,6-10,16H2,1-2H3. The molecule has 0 spiro atoms. The Bertz CT molecular complexity index is 414. The lowest BCUT2D eigenvalue weighted by Crippen LogP contribution is -2.49. The number of nitrogen functional groups attached to an aromatic ring is 1. The number of hydrogen-bond donors (Lipinski definition) is 2. The van der Waals surface area contributed by atoms with Crippen LogP contribution in [0.25, 0.3) is 0 Å². The summed E-state index contributed by atoms with van der Waals surface area (Å²) < 4.78 is 0. The number of benzene rings is 1. The van der Waals surface area contributed by atoms with Crippen molar-refractivity contribution in [2.45, 2.75) is 26.3 Å². The van der Waals surface area contributed by atoms with Crippen molar-refractivity contribution in [1.82, 2.24) is 9.80 Å². The van der Waals surface area contributed by atoms with E-state index in [1.54, 1.807) is 6.07 Å². The van der Waals surface area contributed by atoms with Crippen molar-refractivity contribution in [3.63, 3.8) is 0 Å². The molecule has 3 N–H and O–H groups in total. The number of phenolic OH excluding ortho intramolecular Hbond substituents is 1. The quantitative estimate of drug-likeness (QED) is 0.639. The van der Waals surface area contributed by atoms with E-state index in [1.807, 2.05) is 12.1 Å². The lowest BCUT2D eigenvalue weighted by molar-refractivity contribution is 0.106. The van der Waals surface area contributed by atoms with Gasteiger partial charge in [0.1, 0.15) is 5.75 Å². The zero-order chi connectivity index (χ0) is 13.8. The second-order valence-electron chi connectivity index (χ2n) is 5.42. The fraction of sp³-hybridized carbons (Fsp3) is 0.600. The number of likely N-dealkylation sites (N-methyl/N-ethyl adjacent to an activating group) is 1. The van der Waals surface area contributed by atoms with Crippen molar-refractivity contribution >= 4 is 5.69 Å². The van der Waals surface area contributed by atoms with Gasteiger partial charge < -0.3 is 15.7 Å². The number of phenols is 1. The zero-order valence-corrected chi connectivity index (χ0v) is 12.0. The molecule has 1 aliphatic heterocycles. The number of aromatic hydroxyl groups is 1. The van der Waals surface area contributed by atoms with Crippen molar-refractivity contribution < 1.29 is 5.11 Å². The lowest BCUT2D eigenvalue weighted by Gasteiger charge is -2.37. The molecular weight excluding hydrogens is 238 g/mol. The van der Waals surface area contributed by atoms with E-state index in [2.05, 4.69) is 23.6 Å². The van der Waals surface area contributed by atoms with Gasteiger partial charge in [0.05, 0.1) is 5.69 Å². The molecule has 4 nitrogen and oxygen atoms in total. The summed E-state index contributed by atoms with van der Waals surface area (Å²) in [5, 5.41) is 9.44. The molecule has 1 heterocycles. The maximum absolute atomic E-state index is 9.44. The minimum absolute atomic E-state index is 0.174. The van der Waals surface area contributed by atoms with E-state index in [9.17, 15) is 5.11 Å². The molecule has 1 aromatic carbocycles. The first-order valence-corrected chi connectivity index (χ1v) is 7.14. The van der Waals surface area contributed by atoms with E-state index in [0.717, 1.165) is 26.1 Å². The molecule has 1 atom stereocenters. The number of anilines is 1. The molecule has 0 radical (unpaired) electrons. The van der Waals surface area contributed by atoms with Gasteiger partial charge in [-0.1, -0.05) is 13.0 Å². The molecule has 0 bridgehead atoms. The normalized spacial score (nSPS) is 19.5. The van der Waals surface area contributed by atoms with Crippen LogP contribution in [0.5, 0.6) is 5.75 Å². The molecule has 4 heteroatoms. The number of nitrogens with zero attached hydrogens (tertiary/aromatic N) is 2. The first-order valence-electron chi connectivity index (χ1n) is 7.14. The molecule has 1 saturated heterocycles. The number of nitrogens with two attached hydrogens (primary N) is 1. The second-order valence-corrected chi connectivity index (χ2v) is 5.42. The average Bonchev–Trinajstić information content (AvgIpc) is 2.43.